The summed E-state index contributed by atoms with van der Waals surface area (Å²) in [6.45, 7) is 1.39. The van der Waals surface area contributed by atoms with Crippen molar-refractivity contribution in [2.24, 2.45) is 0 Å². The Morgan fingerprint density at radius 1 is 1.47 bits per heavy atom. The maximum Gasteiger partial charge on any atom is 0.250 e. The molecule has 3 N–H and O–H groups in total. The Bertz CT molecular complexity index is 448. The molecule has 1 amide bonds. The lowest BCUT2D eigenvalue weighted by atomic mass is 10.1. The van der Waals surface area contributed by atoms with Crippen LogP contribution in [0.5, 0.6) is 0 Å². The maximum atomic E-state index is 11.8. The summed E-state index contributed by atoms with van der Waals surface area (Å²) in [5, 5.41) is 3.14. The first-order valence-corrected chi connectivity index (χ1v) is 6.57. The number of amides is 1. The largest absolute Gasteiger partial charge is 0.399 e. The highest BCUT2D eigenvalue weighted by Gasteiger charge is 2.16. The van der Waals surface area contributed by atoms with E-state index in [0.717, 1.165) is 12.8 Å². The number of nitrogen functional groups attached to an aromatic ring is 1. The smallest absolute Gasteiger partial charge is 0.250 e. The lowest BCUT2D eigenvalue weighted by molar-refractivity contribution is -0.124. The monoisotopic (exact) mass is 284 g/mol. The zero-order valence-electron chi connectivity index (χ0n) is 10.5. The predicted octanol–water partition coefficient (Wildman–Crippen LogP) is 2.06. The third kappa shape index (κ3) is 4.38. The number of halogens is 1. The molecule has 1 fully saturated rings. The van der Waals surface area contributed by atoms with Crippen LogP contribution in [0.15, 0.2) is 18.2 Å². The first-order valence-electron chi connectivity index (χ1n) is 6.19. The number of carbonyl (C=O) groups is 1. The zero-order chi connectivity index (χ0) is 13.7. The van der Waals surface area contributed by atoms with E-state index in [-0.39, 0.29) is 18.6 Å². The molecule has 104 valence electrons. The van der Waals surface area contributed by atoms with Gasteiger partial charge in [-0.05, 0) is 31.0 Å². The quantitative estimate of drug-likeness (QED) is 0.830. The number of hydrogen-bond donors (Lipinski definition) is 2. The van der Waals surface area contributed by atoms with Gasteiger partial charge in [-0.2, -0.15) is 0 Å². The fourth-order valence-electron chi connectivity index (χ4n) is 1.86. The highest BCUT2D eigenvalue weighted by molar-refractivity contribution is 6.33. The van der Waals surface area contributed by atoms with Crippen molar-refractivity contribution in [3.05, 3.63) is 23.2 Å². The van der Waals surface area contributed by atoms with Crippen LogP contribution >= 0.6 is 11.6 Å². The second-order valence-corrected chi connectivity index (χ2v) is 4.82. The lowest BCUT2D eigenvalue weighted by Gasteiger charge is -2.22. The molecule has 0 atom stereocenters. The normalized spacial score (nSPS) is 16.3. The zero-order valence-corrected chi connectivity index (χ0v) is 11.3. The van der Waals surface area contributed by atoms with E-state index < -0.39 is 0 Å². The highest BCUT2D eigenvalue weighted by atomic mass is 35.5. The Hall–Kier alpha value is -1.30. The van der Waals surface area contributed by atoms with Crippen LogP contribution in [0, 0.1) is 0 Å². The third-order valence-electron chi connectivity index (χ3n) is 2.88. The summed E-state index contributed by atoms with van der Waals surface area (Å²) in [6, 6.07) is 4.94. The SMILES string of the molecule is Nc1ccc(Cl)c(NC(=O)COC2CCOCC2)c1. The van der Waals surface area contributed by atoms with E-state index in [0.29, 0.717) is 29.6 Å². The summed E-state index contributed by atoms with van der Waals surface area (Å²) in [5.74, 6) is -0.237. The Balaban J connectivity index is 1.81. The number of nitrogens with two attached hydrogens (primary N) is 1. The number of nitrogens with one attached hydrogen (secondary N) is 1. The maximum absolute atomic E-state index is 11.8. The van der Waals surface area contributed by atoms with E-state index in [1.165, 1.54) is 0 Å². The molecule has 0 unspecified atom stereocenters. The number of ether oxygens (including phenoxy) is 2. The summed E-state index contributed by atoms with van der Waals surface area (Å²) in [5.41, 5.74) is 6.69. The molecule has 0 radical (unpaired) electrons. The molecule has 5 nitrogen and oxygen atoms in total. The van der Waals surface area contributed by atoms with Crippen LogP contribution in [0.4, 0.5) is 11.4 Å². The van der Waals surface area contributed by atoms with Gasteiger partial charge in [-0.25, -0.2) is 0 Å². The van der Waals surface area contributed by atoms with Crippen molar-refractivity contribution in [1.82, 2.24) is 0 Å². The Kier molecular flexibility index (Phi) is 5.01. The molecule has 6 heteroatoms. The molecular weight excluding hydrogens is 268 g/mol. The van der Waals surface area contributed by atoms with Crippen LogP contribution in [-0.4, -0.2) is 31.8 Å². The van der Waals surface area contributed by atoms with Gasteiger partial charge in [0.1, 0.15) is 6.61 Å². The first kappa shape index (κ1) is 14.1. The van der Waals surface area contributed by atoms with Crippen molar-refractivity contribution >= 4 is 28.9 Å². The molecule has 19 heavy (non-hydrogen) atoms. The van der Waals surface area contributed by atoms with Crippen molar-refractivity contribution < 1.29 is 14.3 Å². The van der Waals surface area contributed by atoms with Gasteiger partial charge < -0.3 is 20.5 Å². The van der Waals surface area contributed by atoms with Crippen molar-refractivity contribution in [2.45, 2.75) is 18.9 Å². The Morgan fingerprint density at radius 2 is 2.21 bits per heavy atom. The molecule has 1 aliphatic rings. The number of hydrogen-bond acceptors (Lipinski definition) is 4. The fraction of sp³-hybridized carbons (Fsp3) is 0.462. The average molecular weight is 285 g/mol. The lowest BCUT2D eigenvalue weighted by Crippen LogP contribution is -2.28. The molecule has 1 aliphatic heterocycles. The van der Waals surface area contributed by atoms with Crippen LogP contribution in [0.2, 0.25) is 5.02 Å². The summed E-state index contributed by atoms with van der Waals surface area (Å²) >= 11 is 5.96. The van der Waals surface area contributed by atoms with Gasteiger partial charge >= 0.3 is 0 Å². The van der Waals surface area contributed by atoms with Gasteiger partial charge in [0.2, 0.25) is 5.91 Å². The standard InChI is InChI=1S/C13H17ClN2O3/c14-11-2-1-9(15)7-12(11)16-13(17)8-19-10-3-5-18-6-4-10/h1-2,7,10H,3-6,8,15H2,(H,16,17). The molecule has 1 heterocycles. The van der Waals surface area contributed by atoms with Crippen LogP contribution in [-0.2, 0) is 14.3 Å². The van der Waals surface area contributed by atoms with Gasteiger partial charge in [-0.3, -0.25) is 4.79 Å². The molecule has 1 aromatic rings. The minimum atomic E-state index is -0.237. The third-order valence-corrected chi connectivity index (χ3v) is 3.21. The molecule has 0 saturated carbocycles. The second kappa shape index (κ2) is 6.75. The van der Waals surface area contributed by atoms with Gasteiger partial charge in [-0.15, -0.1) is 0 Å². The molecule has 0 aliphatic carbocycles. The topological polar surface area (TPSA) is 73.6 Å². The molecule has 1 saturated heterocycles. The molecule has 1 aromatic carbocycles. The average Bonchev–Trinajstić information content (AvgIpc) is 2.42. The summed E-state index contributed by atoms with van der Waals surface area (Å²) in [7, 11) is 0. The predicted molar refractivity (Wildman–Crippen MR) is 74.3 cm³/mol. The number of anilines is 2. The van der Waals surface area contributed by atoms with Gasteiger partial charge in [0.25, 0.3) is 0 Å². The molecule has 0 spiro atoms. The van der Waals surface area contributed by atoms with E-state index in [9.17, 15) is 4.79 Å². The fourth-order valence-corrected chi connectivity index (χ4v) is 2.03. The first-order chi connectivity index (χ1) is 9.15. The summed E-state index contributed by atoms with van der Waals surface area (Å²) < 4.78 is 10.7. The van der Waals surface area contributed by atoms with Crippen LogP contribution in [0.1, 0.15) is 12.8 Å². The number of benzene rings is 1. The Morgan fingerprint density at radius 3 is 2.95 bits per heavy atom. The summed E-state index contributed by atoms with van der Waals surface area (Å²) in [4.78, 5) is 11.8. The van der Waals surface area contributed by atoms with Crippen LogP contribution in [0.3, 0.4) is 0 Å². The van der Waals surface area contributed by atoms with E-state index >= 15 is 0 Å². The number of carbonyl (C=O) groups excluding carboxylic acids is 1. The van der Waals surface area contributed by atoms with Crippen LogP contribution < -0.4 is 11.1 Å². The molecule has 0 bridgehead atoms. The second-order valence-electron chi connectivity index (χ2n) is 4.41. The van der Waals surface area contributed by atoms with E-state index in [4.69, 9.17) is 26.8 Å². The molecule has 0 aromatic heterocycles. The summed E-state index contributed by atoms with van der Waals surface area (Å²) in [6.07, 6.45) is 1.74. The Labute approximate surface area is 117 Å². The van der Waals surface area contributed by atoms with Gasteiger partial charge in [0.15, 0.2) is 0 Å². The highest BCUT2D eigenvalue weighted by Crippen LogP contribution is 2.24. The van der Waals surface area contributed by atoms with E-state index in [2.05, 4.69) is 5.32 Å². The van der Waals surface area contributed by atoms with E-state index in [1.807, 2.05) is 0 Å². The van der Waals surface area contributed by atoms with Gasteiger partial charge in [0.05, 0.1) is 16.8 Å². The molecule has 2 rings (SSSR count). The van der Waals surface area contributed by atoms with Crippen molar-refractivity contribution in [1.29, 1.82) is 0 Å². The number of rotatable bonds is 4. The van der Waals surface area contributed by atoms with E-state index in [1.54, 1.807) is 18.2 Å². The van der Waals surface area contributed by atoms with Crippen molar-refractivity contribution in [3.8, 4) is 0 Å². The van der Waals surface area contributed by atoms with Crippen molar-refractivity contribution in [2.75, 3.05) is 30.9 Å². The van der Waals surface area contributed by atoms with Crippen LogP contribution in [0.25, 0.3) is 0 Å². The van der Waals surface area contributed by atoms with Gasteiger partial charge in [-0.1, -0.05) is 11.6 Å². The minimum absolute atomic E-state index is 0.00972. The minimum Gasteiger partial charge on any atom is -0.399 e. The van der Waals surface area contributed by atoms with Gasteiger partial charge in [0, 0.05) is 18.9 Å². The molecular formula is C13H17ClN2O3. The van der Waals surface area contributed by atoms with Crippen molar-refractivity contribution in [3.63, 3.8) is 0 Å².